The molecule has 0 aromatic rings. The number of amides is 1. The van der Waals surface area contributed by atoms with Gasteiger partial charge in [-0.05, 0) is 19.8 Å². The van der Waals surface area contributed by atoms with E-state index in [2.05, 4.69) is 0 Å². The first kappa shape index (κ1) is 18.4. The molecule has 0 rings (SSSR count). The summed E-state index contributed by atoms with van der Waals surface area (Å²) < 4.78 is 0. The van der Waals surface area contributed by atoms with Gasteiger partial charge in [-0.25, -0.2) is 9.59 Å². The zero-order valence-corrected chi connectivity index (χ0v) is 12.2. The Bertz CT molecular complexity index is 357. The van der Waals surface area contributed by atoms with Crippen molar-refractivity contribution in [2.45, 2.75) is 58.4 Å². The van der Waals surface area contributed by atoms with E-state index in [9.17, 15) is 19.5 Å². The van der Waals surface area contributed by atoms with Gasteiger partial charge in [0.1, 0.15) is 0 Å². The molecule has 0 aliphatic rings. The normalized spacial score (nSPS) is 13.6. The number of carbonyl (C=O) groups excluding carboxylic acids is 1. The molecule has 0 saturated carbocycles. The van der Waals surface area contributed by atoms with Crippen LogP contribution in [0.4, 0.5) is 0 Å². The van der Waals surface area contributed by atoms with Crippen molar-refractivity contribution in [3.8, 4) is 0 Å². The maximum atomic E-state index is 11.7. The van der Waals surface area contributed by atoms with E-state index in [0.29, 0.717) is 17.9 Å². The number of carbonyl (C=O) groups is 3. The van der Waals surface area contributed by atoms with Gasteiger partial charge in [0.2, 0.25) is 0 Å². The highest BCUT2D eigenvalue weighted by Crippen LogP contribution is 2.24. The summed E-state index contributed by atoms with van der Waals surface area (Å²) in [7, 11) is 0. The highest BCUT2D eigenvalue weighted by Gasteiger charge is 2.45. The zero-order chi connectivity index (χ0) is 15.8. The summed E-state index contributed by atoms with van der Waals surface area (Å²) in [4.78, 5) is 39.2. The van der Waals surface area contributed by atoms with E-state index in [4.69, 9.17) is 9.94 Å². The first-order chi connectivity index (χ1) is 9.31. The number of hydroxylamine groups is 2. The van der Waals surface area contributed by atoms with Crippen LogP contribution in [0.2, 0.25) is 0 Å². The Balaban J connectivity index is 5.23. The molecule has 116 valence electrons. The van der Waals surface area contributed by atoms with Crippen LogP contribution < -0.4 is 0 Å². The third-order valence-corrected chi connectivity index (χ3v) is 3.01. The molecular weight excluding hydrogens is 266 g/mol. The van der Waals surface area contributed by atoms with Gasteiger partial charge < -0.3 is 10.2 Å². The summed E-state index contributed by atoms with van der Waals surface area (Å²) in [6, 6.07) is 0. The van der Waals surface area contributed by atoms with Gasteiger partial charge in [0, 0.05) is 0 Å². The minimum atomic E-state index is -1.73. The fourth-order valence-electron chi connectivity index (χ4n) is 1.63. The summed E-state index contributed by atoms with van der Waals surface area (Å²) in [5, 5.41) is 18.7. The molecule has 20 heavy (non-hydrogen) atoms. The third-order valence-electron chi connectivity index (χ3n) is 3.01. The van der Waals surface area contributed by atoms with Crippen molar-refractivity contribution in [2.75, 3.05) is 6.61 Å². The number of hydrogen-bond donors (Lipinski definition) is 2. The lowest BCUT2D eigenvalue weighted by atomic mass is 9.94. The molecule has 0 spiro atoms. The molecule has 0 aliphatic heterocycles. The van der Waals surface area contributed by atoms with Crippen molar-refractivity contribution in [3.05, 3.63) is 0 Å². The average Bonchev–Trinajstić information content (AvgIpc) is 2.40. The van der Waals surface area contributed by atoms with Crippen LogP contribution >= 0.6 is 0 Å². The molecular formula is C13H23NO6. The third kappa shape index (κ3) is 4.80. The second-order valence-corrected chi connectivity index (χ2v) is 4.77. The SMILES string of the molecule is CCCCON(C(=O)C(=O)O)[C@](C)(CCCC)C(=O)O. The van der Waals surface area contributed by atoms with E-state index in [1.807, 2.05) is 13.8 Å². The van der Waals surface area contributed by atoms with E-state index in [1.165, 1.54) is 6.92 Å². The van der Waals surface area contributed by atoms with Gasteiger partial charge in [-0.1, -0.05) is 33.1 Å². The Labute approximate surface area is 118 Å². The second kappa shape index (κ2) is 8.52. The van der Waals surface area contributed by atoms with Crippen LogP contribution in [0.25, 0.3) is 0 Å². The van der Waals surface area contributed by atoms with Gasteiger partial charge in [0.25, 0.3) is 0 Å². The molecule has 0 aliphatic carbocycles. The number of unbranched alkanes of at least 4 members (excludes halogenated alkanes) is 2. The topological polar surface area (TPSA) is 104 Å². The van der Waals surface area contributed by atoms with Crippen LogP contribution in [0, 0.1) is 0 Å². The molecule has 0 saturated heterocycles. The number of rotatable bonds is 9. The Morgan fingerprint density at radius 3 is 2.05 bits per heavy atom. The first-order valence-corrected chi connectivity index (χ1v) is 6.75. The Kier molecular flexibility index (Phi) is 7.83. The fraction of sp³-hybridized carbons (Fsp3) is 0.769. The molecule has 0 unspecified atom stereocenters. The van der Waals surface area contributed by atoms with Gasteiger partial charge >= 0.3 is 17.8 Å². The van der Waals surface area contributed by atoms with Gasteiger partial charge in [-0.15, -0.1) is 0 Å². The lowest BCUT2D eigenvalue weighted by Crippen LogP contribution is -2.56. The van der Waals surface area contributed by atoms with Crippen LogP contribution in [0.5, 0.6) is 0 Å². The zero-order valence-electron chi connectivity index (χ0n) is 12.2. The summed E-state index contributed by atoms with van der Waals surface area (Å²) in [5.74, 6) is -4.37. The Morgan fingerprint density at radius 1 is 1.10 bits per heavy atom. The maximum Gasteiger partial charge on any atom is 0.396 e. The summed E-state index contributed by atoms with van der Waals surface area (Å²) in [6.45, 7) is 5.19. The van der Waals surface area contributed by atoms with Crippen molar-refractivity contribution in [1.29, 1.82) is 0 Å². The molecule has 1 atom stereocenters. The highest BCUT2D eigenvalue weighted by atomic mass is 16.7. The smallest absolute Gasteiger partial charge is 0.396 e. The highest BCUT2D eigenvalue weighted by molar-refractivity contribution is 6.31. The van der Waals surface area contributed by atoms with E-state index in [1.54, 1.807) is 0 Å². The van der Waals surface area contributed by atoms with E-state index < -0.39 is 23.4 Å². The van der Waals surface area contributed by atoms with E-state index in [-0.39, 0.29) is 13.0 Å². The average molecular weight is 289 g/mol. The van der Waals surface area contributed by atoms with Crippen molar-refractivity contribution in [1.82, 2.24) is 5.06 Å². The molecule has 0 heterocycles. The number of hydrogen-bond acceptors (Lipinski definition) is 4. The standard InChI is InChI=1S/C13H23NO6/c1-4-6-8-13(3,12(18)19)14(10(15)11(16)17)20-9-7-5-2/h4-9H2,1-3H3,(H,16,17)(H,18,19)/t13-/m1/s1. The summed E-state index contributed by atoms with van der Waals surface area (Å²) in [6.07, 6.45) is 2.79. The van der Waals surface area contributed by atoms with Crippen LogP contribution in [0.15, 0.2) is 0 Å². The summed E-state index contributed by atoms with van der Waals surface area (Å²) >= 11 is 0. The predicted octanol–water partition coefficient (Wildman–Crippen LogP) is 1.66. The monoisotopic (exact) mass is 289 g/mol. The van der Waals surface area contributed by atoms with Gasteiger partial charge in [0.05, 0.1) is 6.61 Å². The molecule has 1 amide bonds. The van der Waals surface area contributed by atoms with Gasteiger partial charge in [0.15, 0.2) is 5.54 Å². The first-order valence-electron chi connectivity index (χ1n) is 6.75. The number of carboxylic acid groups (broad SMARTS) is 2. The van der Waals surface area contributed by atoms with Crippen LogP contribution in [-0.4, -0.2) is 45.3 Å². The van der Waals surface area contributed by atoms with Crippen molar-refractivity contribution < 1.29 is 29.4 Å². The maximum absolute atomic E-state index is 11.7. The van der Waals surface area contributed by atoms with Crippen molar-refractivity contribution in [3.63, 3.8) is 0 Å². The van der Waals surface area contributed by atoms with Crippen LogP contribution in [-0.2, 0) is 19.2 Å². The quantitative estimate of drug-likeness (QED) is 0.380. The van der Waals surface area contributed by atoms with E-state index >= 15 is 0 Å². The number of nitrogens with zero attached hydrogens (tertiary/aromatic N) is 1. The van der Waals surface area contributed by atoms with Gasteiger partial charge in [-0.2, -0.15) is 5.06 Å². The number of aliphatic carboxylic acids is 2. The lowest BCUT2D eigenvalue weighted by molar-refractivity contribution is -0.228. The van der Waals surface area contributed by atoms with Crippen molar-refractivity contribution >= 4 is 17.8 Å². The number of carboxylic acids is 2. The lowest BCUT2D eigenvalue weighted by Gasteiger charge is -2.35. The Morgan fingerprint density at radius 2 is 1.65 bits per heavy atom. The minimum Gasteiger partial charge on any atom is -0.479 e. The molecule has 0 radical (unpaired) electrons. The van der Waals surface area contributed by atoms with Crippen LogP contribution in [0.3, 0.4) is 0 Å². The Hall–Kier alpha value is -1.63. The fourth-order valence-corrected chi connectivity index (χ4v) is 1.63. The molecule has 0 fully saturated rings. The molecule has 0 aromatic heterocycles. The van der Waals surface area contributed by atoms with Crippen molar-refractivity contribution in [2.24, 2.45) is 0 Å². The van der Waals surface area contributed by atoms with E-state index in [0.717, 1.165) is 12.8 Å². The molecule has 2 N–H and O–H groups in total. The predicted molar refractivity (Wildman–Crippen MR) is 70.9 cm³/mol. The largest absolute Gasteiger partial charge is 0.479 e. The van der Waals surface area contributed by atoms with Crippen LogP contribution in [0.1, 0.15) is 52.9 Å². The molecule has 0 bridgehead atoms. The molecule has 7 heteroatoms. The summed E-state index contributed by atoms with van der Waals surface area (Å²) in [5.41, 5.74) is -1.68. The molecule has 0 aromatic carbocycles. The second-order valence-electron chi connectivity index (χ2n) is 4.77. The minimum absolute atomic E-state index is 0.102. The molecule has 7 nitrogen and oxygen atoms in total. The van der Waals surface area contributed by atoms with Gasteiger partial charge in [-0.3, -0.25) is 9.63 Å².